The molecule has 1 aromatic rings. The van der Waals surface area contributed by atoms with Gasteiger partial charge in [-0.1, -0.05) is 30.3 Å². The minimum atomic E-state index is 0.169. The Balaban J connectivity index is 1.33. The molecule has 3 rings (SSSR count). The first-order chi connectivity index (χ1) is 11.3. The molecule has 1 atom stereocenters. The van der Waals surface area contributed by atoms with Crippen molar-refractivity contribution in [1.82, 2.24) is 5.32 Å². The Labute approximate surface area is 138 Å². The summed E-state index contributed by atoms with van der Waals surface area (Å²) in [6, 6.07) is 10.7. The van der Waals surface area contributed by atoms with Crippen LogP contribution in [0.5, 0.6) is 0 Å². The lowest BCUT2D eigenvalue weighted by Gasteiger charge is -2.29. The van der Waals surface area contributed by atoms with Crippen molar-refractivity contribution in [3.63, 3.8) is 0 Å². The van der Waals surface area contributed by atoms with E-state index in [1.54, 1.807) is 4.90 Å². The van der Waals surface area contributed by atoms with Gasteiger partial charge in [0.1, 0.15) is 32.7 Å². The monoisotopic (exact) mass is 319 g/mol. The second-order valence-electron chi connectivity index (χ2n) is 6.78. The molecule has 2 heterocycles. The lowest BCUT2D eigenvalue weighted by Crippen LogP contribution is -3.28. The van der Waals surface area contributed by atoms with Crippen LogP contribution in [0.1, 0.15) is 18.4 Å². The lowest BCUT2D eigenvalue weighted by molar-refractivity contribution is -1.02. The SMILES string of the molecule is O=C(C[NH+]1CC[NH+](Cc2ccccc2)CC1)NC[C@@H]1CCCO1. The van der Waals surface area contributed by atoms with E-state index in [-0.39, 0.29) is 12.0 Å². The summed E-state index contributed by atoms with van der Waals surface area (Å²) < 4.78 is 5.54. The molecule has 3 N–H and O–H groups in total. The van der Waals surface area contributed by atoms with Crippen LogP contribution in [-0.4, -0.2) is 57.9 Å². The first-order valence-electron chi connectivity index (χ1n) is 8.89. The molecule has 23 heavy (non-hydrogen) atoms. The Hall–Kier alpha value is -1.43. The number of ether oxygens (including phenoxy) is 1. The summed E-state index contributed by atoms with van der Waals surface area (Å²) in [7, 11) is 0. The first kappa shape index (κ1) is 16.4. The Morgan fingerprint density at radius 3 is 2.57 bits per heavy atom. The zero-order chi connectivity index (χ0) is 15.9. The van der Waals surface area contributed by atoms with Crippen LogP contribution in [0.4, 0.5) is 0 Å². The van der Waals surface area contributed by atoms with Gasteiger partial charge in [0.2, 0.25) is 0 Å². The third-order valence-electron chi connectivity index (χ3n) is 4.92. The maximum absolute atomic E-state index is 12.0. The van der Waals surface area contributed by atoms with Gasteiger partial charge in [0, 0.05) is 18.7 Å². The lowest BCUT2D eigenvalue weighted by atomic mass is 10.2. The topological polar surface area (TPSA) is 47.2 Å². The van der Waals surface area contributed by atoms with Gasteiger partial charge in [-0.2, -0.15) is 0 Å². The van der Waals surface area contributed by atoms with Crippen molar-refractivity contribution in [3.05, 3.63) is 35.9 Å². The average Bonchev–Trinajstić information content (AvgIpc) is 3.09. The molecule has 2 aliphatic heterocycles. The molecule has 5 heteroatoms. The van der Waals surface area contributed by atoms with E-state index >= 15 is 0 Å². The van der Waals surface area contributed by atoms with Gasteiger partial charge in [-0.15, -0.1) is 0 Å². The van der Waals surface area contributed by atoms with Gasteiger partial charge in [-0.25, -0.2) is 0 Å². The minimum Gasteiger partial charge on any atom is -0.376 e. The molecule has 0 bridgehead atoms. The molecule has 0 spiro atoms. The number of amides is 1. The van der Waals surface area contributed by atoms with Crippen LogP contribution in [0.15, 0.2) is 30.3 Å². The van der Waals surface area contributed by atoms with Crippen molar-refractivity contribution < 1.29 is 19.3 Å². The van der Waals surface area contributed by atoms with E-state index in [0.29, 0.717) is 13.1 Å². The largest absolute Gasteiger partial charge is 0.376 e. The van der Waals surface area contributed by atoms with E-state index in [0.717, 1.165) is 52.2 Å². The van der Waals surface area contributed by atoms with Gasteiger partial charge in [0.25, 0.3) is 5.91 Å². The summed E-state index contributed by atoms with van der Waals surface area (Å²) in [5, 5.41) is 3.03. The van der Waals surface area contributed by atoms with E-state index in [4.69, 9.17) is 4.74 Å². The molecule has 5 nitrogen and oxygen atoms in total. The van der Waals surface area contributed by atoms with Crippen molar-refractivity contribution in [2.75, 3.05) is 45.9 Å². The number of piperazine rings is 1. The van der Waals surface area contributed by atoms with Crippen molar-refractivity contribution in [2.24, 2.45) is 0 Å². The number of rotatable bonds is 6. The van der Waals surface area contributed by atoms with E-state index in [9.17, 15) is 4.79 Å². The fourth-order valence-electron chi connectivity index (χ4n) is 3.52. The van der Waals surface area contributed by atoms with Crippen LogP contribution in [0.25, 0.3) is 0 Å². The maximum Gasteiger partial charge on any atom is 0.275 e. The molecule has 0 radical (unpaired) electrons. The van der Waals surface area contributed by atoms with Crippen LogP contribution in [0.3, 0.4) is 0 Å². The predicted octanol–water partition coefficient (Wildman–Crippen LogP) is -1.73. The standard InChI is InChI=1S/C18H27N3O2/c22-18(19-13-17-7-4-12-23-17)15-21-10-8-20(9-11-21)14-16-5-2-1-3-6-16/h1-3,5-6,17H,4,7-15H2,(H,19,22)/p+2/t17-/m0/s1. The smallest absolute Gasteiger partial charge is 0.275 e. The fraction of sp³-hybridized carbons (Fsp3) is 0.611. The second kappa shape index (κ2) is 8.43. The van der Waals surface area contributed by atoms with Gasteiger partial charge in [-0.3, -0.25) is 4.79 Å². The third-order valence-corrected chi connectivity index (χ3v) is 4.92. The van der Waals surface area contributed by atoms with E-state index in [1.165, 1.54) is 10.5 Å². The molecule has 126 valence electrons. The Kier molecular flexibility index (Phi) is 6.02. The van der Waals surface area contributed by atoms with Crippen molar-refractivity contribution >= 4 is 5.91 Å². The van der Waals surface area contributed by atoms with Gasteiger partial charge in [0.05, 0.1) is 6.10 Å². The van der Waals surface area contributed by atoms with Crippen molar-refractivity contribution in [2.45, 2.75) is 25.5 Å². The number of carbonyl (C=O) groups excluding carboxylic acids is 1. The highest BCUT2D eigenvalue weighted by Gasteiger charge is 2.25. The molecule has 2 aliphatic rings. The Morgan fingerprint density at radius 1 is 1.13 bits per heavy atom. The summed E-state index contributed by atoms with van der Waals surface area (Å²) >= 11 is 0. The molecule has 0 unspecified atom stereocenters. The second-order valence-corrected chi connectivity index (χ2v) is 6.78. The van der Waals surface area contributed by atoms with E-state index < -0.39 is 0 Å². The van der Waals surface area contributed by atoms with Crippen molar-refractivity contribution in [1.29, 1.82) is 0 Å². The third kappa shape index (κ3) is 5.30. The number of hydrogen-bond donors (Lipinski definition) is 3. The summed E-state index contributed by atoms with van der Waals surface area (Å²) in [6.07, 6.45) is 2.44. The number of nitrogens with one attached hydrogen (secondary N) is 3. The fourth-order valence-corrected chi connectivity index (χ4v) is 3.52. The molecular formula is C18H29N3O2+2. The molecule has 1 aromatic carbocycles. The highest BCUT2D eigenvalue weighted by molar-refractivity contribution is 5.76. The maximum atomic E-state index is 12.0. The van der Waals surface area contributed by atoms with Gasteiger partial charge >= 0.3 is 0 Å². The number of hydrogen-bond acceptors (Lipinski definition) is 2. The molecular weight excluding hydrogens is 290 g/mol. The highest BCUT2D eigenvalue weighted by atomic mass is 16.5. The molecule has 2 fully saturated rings. The normalized spacial score (nSPS) is 27.7. The van der Waals surface area contributed by atoms with Gasteiger partial charge in [0.15, 0.2) is 6.54 Å². The zero-order valence-corrected chi connectivity index (χ0v) is 13.9. The average molecular weight is 319 g/mol. The van der Waals surface area contributed by atoms with Crippen LogP contribution in [0.2, 0.25) is 0 Å². The number of quaternary nitrogens is 2. The minimum absolute atomic E-state index is 0.169. The van der Waals surface area contributed by atoms with Crippen LogP contribution in [0, 0.1) is 0 Å². The molecule has 2 saturated heterocycles. The van der Waals surface area contributed by atoms with Crippen LogP contribution < -0.4 is 15.1 Å². The van der Waals surface area contributed by atoms with Gasteiger partial charge < -0.3 is 19.9 Å². The summed E-state index contributed by atoms with van der Waals surface area (Å²) in [5.41, 5.74) is 1.40. The quantitative estimate of drug-likeness (QED) is 0.583. The van der Waals surface area contributed by atoms with Gasteiger partial charge in [-0.05, 0) is 12.8 Å². The Bertz CT molecular complexity index is 480. The summed E-state index contributed by atoms with van der Waals surface area (Å²) in [5.74, 6) is 0.169. The highest BCUT2D eigenvalue weighted by Crippen LogP contribution is 2.10. The predicted molar refractivity (Wildman–Crippen MR) is 88.4 cm³/mol. The van der Waals surface area contributed by atoms with Crippen molar-refractivity contribution in [3.8, 4) is 0 Å². The zero-order valence-electron chi connectivity index (χ0n) is 13.9. The number of carbonyl (C=O) groups is 1. The van der Waals surface area contributed by atoms with Crippen LogP contribution >= 0.6 is 0 Å². The van der Waals surface area contributed by atoms with E-state index in [2.05, 4.69) is 35.6 Å². The van der Waals surface area contributed by atoms with E-state index in [1.807, 2.05) is 0 Å². The van der Waals surface area contributed by atoms with Crippen LogP contribution in [-0.2, 0) is 16.1 Å². The molecule has 1 amide bonds. The Morgan fingerprint density at radius 2 is 1.87 bits per heavy atom. The summed E-state index contributed by atoms with van der Waals surface area (Å²) in [4.78, 5) is 15.1. The number of benzene rings is 1. The molecule has 0 aromatic heterocycles. The molecule has 0 saturated carbocycles. The summed E-state index contributed by atoms with van der Waals surface area (Å²) in [6.45, 7) is 7.66. The molecule has 0 aliphatic carbocycles. The first-order valence-corrected chi connectivity index (χ1v) is 8.89.